The van der Waals surface area contributed by atoms with Crippen LogP contribution in [0, 0.1) is 0 Å². The van der Waals surface area contributed by atoms with E-state index in [1.54, 1.807) is 0 Å². The number of carbonyl (C=O) groups is 2. The minimum atomic E-state index is 0.0759. The number of piperidine rings is 1. The molecule has 27 heavy (non-hydrogen) atoms. The van der Waals surface area contributed by atoms with Crippen molar-refractivity contribution in [1.29, 1.82) is 0 Å². The molecule has 1 atom stereocenters. The van der Waals surface area contributed by atoms with Gasteiger partial charge < -0.3 is 14.8 Å². The summed E-state index contributed by atoms with van der Waals surface area (Å²) in [6.45, 7) is 6.29. The molecule has 2 amide bonds. The Kier molecular flexibility index (Phi) is 6.77. The van der Waals surface area contributed by atoms with Crippen molar-refractivity contribution >= 4 is 34.6 Å². The molecule has 1 aliphatic rings. The molecule has 3 rings (SSSR count). The van der Waals surface area contributed by atoms with Gasteiger partial charge in [0, 0.05) is 32.1 Å². The molecule has 1 saturated heterocycles. The zero-order chi connectivity index (χ0) is 19.2. The van der Waals surface area contributed by atoms with Gasteiger partial charge in [0.1, 0.15) is 0 Å². The quantitative estimate of drug-likeness (QED) is 0.741. The number of nitrogens with zero attached hydrogens (tertiary/aromatic N) is 3. The van der Waals surface area contributed by atoms with Gasteiger partial charge in [-0.15, -0.1) is 0 Å². The van der Waals surface area contributed by atoms with E-state index in [0.717, 1.165) is 48.5 Å². The lowest BCUT2D eigenvalue weighted by atomic mass is 10.1. The molecular formula is C20H28N4O2S. The van der Waals surface area contributed by atoms with E-state index in [9.17, 15) is 9.59 Å². The van der Waals surface area contributed by atoms with Crippen molar-refractivity contribution in [3.8, 4) is 0 Å². The topological polar surface area (TPSA) is 67.2 Å². The zero-order valence-corrected chi connectivity index (χ0v) is 16.9. The Bertz CT molecular complexity index is 804. The van der Waals surface area contributed by atoms with E-state index >= 15 is 0 Å². The van der Waals surface area contributed by atoms with Crippen LogP contribution >= 0.6 is 11.8 Å². The number of imidazole rings is 1. The number of para-hydroxylation sites is 2. The lowest BCUT2D eigenvalue weighted by molar-refractivity contribution is -0.131. The average Bonchev–Trinajstić information content (AvgIpc) is 3.04. The van der Waals surface area contributed by atoms with Crippen molar-refractivity contribution < 1.29 is 9.59 Å². The maximum Gasteiger partial charge on any atom is 0.233 e. The third-order valence-electron chi connectivity index (χ3n) is 4.88. The van der Waals surface area contributed by atoms with Crippen molar-refractivity contribution in [3.05, 3.63) is 24.3 Å². The van der Waals surface area contributed by atoms with Crippen LogP contribution in [0.5, 0.6) is 0 Å². The average molecular weight is 389 g/mol. The standard InChI is InChI=1S/C20H28N4O2S/c1-3-8-18(25)21-15-9-7-12-23(13-15)19(26)14-27-20-22-16-10-5-6-11-17(16)24(20)4-2/h5-6,10-11,15H,3-4,7-9,12-14H2,1-2H3,(H,21,25). The fraction of sp³-hybridized carbons (Fsp3) is 0.550. The number of aromatic nitrogens is 2. The summed E-state index contributed by atoms with van der Waals surface area (Å²) in [7, 11) is 0. The van der Waals surface area contributed by atoms with E-state index in [0.29, 0.717) is 18.7 Å². The Balaban J connectivity index is 1.58. The number of hydrogen-bond donors (Lipinski definition) is 1. The van der Waals surface area contributed by atoms with Crippen LogP contribution in [0.1, 0.15) is 39.5 Å². The number of benzene rings is 1. The normalized spacial score (nSPS) is 17.3. The largest absolute Gasteiger partial charge is 0.352 e. The molecule has 0 aliphatic carbocycles. The fourth-order valence-electron chi connectivity index (χ4n) is 3.54. The zero-order valence-electron chi connectivity index (χ0n) is 16.1. The van der Waals surface area contributed by atoms with Crippen molar-refractivity contribution in [3.63, 3.8) is 0 Å². The van der Waals surface area contributed by atoms with Gasteiger partial charge in [0.15, 0.2) is 5.16 Å². The molecule has 1 aromatic carbocycles. The predicted octanol–water partition coefficient (Wildman–Crippen LogP) is 3.06. The molecule has 0 radical (unpaired) electrons. The summed E-state index contributed by atoms with van der Waals surface area (Å²) in [5.74, 6) is 0.575. The second kappa shape index (κ2) is 9.26. The summed E-state index contributed by atoms with van der Waals surface area (Å²) in [6.07, 6.45) is 3.27. The van der Waals surface area contributed by atoms with Crippen molar-refractivity contribution in [2.24, 2.45) is 0 Å². The summed E-state index contributed by atoms with van der Waals surface area (Å²) in [4.78, 5) is 31.1. The van der Waals surface area contributed by atoms with Crippen LogP contribution in [0.4, 0.5) is 0 Å². The Morgan fingerprint density at radius 3 is 2.89 bits per heavy atom. The van der Waals surface area contributed by atoms with Crippen LogP contribution in [0.2, 0.25) is 0 Å². The first-order valence-electron chi connectivity index (χ1n) is 9.77. The molecule has 6 nitrogen and oxygen atoms in total. The van der Waals surface area contributed by atoms with Gasteiger partial charge in [0.2, 0.25) is 11.8 Å². The number of nitrogens with one attached hydrogen (secondary N) is 1. The Morgan fingerprint density at radius 2 is 2.11 bits per heavy atom. The molecule has 1 aromatic heterocycles. The lowest BCUT2D eigenvalue weighted by Gasteiger charge is -2.33. The molecular weight excluding hydrogens is 360 g/mol. The first-order valence-corrected chi connectivity index (χ1v) is 10.8. The maximum atomic E-state index is 12.7. The number of aryl methyl sites for hydroxylation is 1. The van der Waals surface area contributed by atoms with E-state index in [1.165, 1.54) is 11.8 Å². The van der Waals surface area contributed by atoms with Gasteiger partial charge in [-0.25, -0.2) is 4.98 Å². The number of rotatable bonds is 7. The molecule has 1 unspecified atom stereocenters. The van der Waals surface area contributed by atoms with Crippen molar-refractivity contribution in [2.75, 3.05) is 18.8 Å². The minimum absolute atomic E-state index is 0.0759. The second-order valence-electron chi connectivity index (χ2n) is 6.91. The van der Waals surface area contributed by atoms with Gasteiger partial charge in [0.25, 0.3) is 0 Å². The van der Waals surface area contributed by atoms with E-state index in [-0.39, 0.29) is 17.9 Å². The number of hydrogen-bond acceptors (Lipinski definition) is 4. The molecule has 0 spiro atoms. The summed E-state index contributed by atoms with van der Waals surface area (Å²) < 4.78 is 2.15. The van der Waals surface area contributed by atoms with Gasteiger partial charge in [-0.3, -0.25) is 9.59 Å². The molecule has 0 bridgehead atoms. The molecule has 0 saturated carbocycles. The van der Waals surface area contributed by atoms with Crippen molar-refractivity contribution in [1.82, 2.24) is 19.8 Å². The third-order valence-corrected chi connectivity index (χ3v) is 5.84. The van der Waals surface area contributed by atoms with Gasteiger partial charge in [-0.2, -0.15) is 0 Å². The monoisotopic (exact) mass is 388 g/mol. The summed E-state index contributed by atoms with van der Waals surface area (Å²) in [5.41, 5.74) is 2.07. The molecule has 7 heteroatoms. The van der Waals surface area contributed by atoms with E-state index in [4.69, 9.17) is 0 Å². The van der Waals surface area contributed by atoms with Gasteiger partial charge in [0.05, 0.1) is 16.8 Å². The summed E-state index contributed by atoms with van der Waals surface area (Å²) >= 11 is 1.50. The van der Waals surface area contributed by atoms with E-state index < -0.39 is 0 Å². The third kappa shape index (κ3) is 4.83. The van der Waals surface area contributed by atoms with Crippen LogP contribution in [0.25, 0.3) is 11.0 Å². The van der Waals surface area contributed by atoms with Crippen LogP contribution in [0.15, 0.2) is 29.4 Å². The Labute approximate surface area is 164 Å². The maximum absolute atomic E-state index is 12.7. The predicted molar refractivity (Wildman–Crippen MR) is 109 cm³/mol. The summed E-state index contributed by atoms with van der Waals surface area (Å²) in [5, 5.41) is 3.94. The number of carbonyl (C=O) groups excluding carboxylic acids is 2. The fourth-order valence-corrected chi connectivity index (χ4v) is 4.52. The summed E-state index contributed by atoms with van der Waals surface area (Å²) in [6, 6.07) is 8.13. The van der Waals surface area contributed by atoms with E-state index in [1.807, 2.05) is 30.0 Å². The number of likely N-dealkylation sites (tertiary alicyclic amines) is 1. The Hall–Kier alpha value is -2.02. The first kappa shape index (κ1) is 19.7. The highest BCUT2D eigenvalue weighted by Crippen LogP contribution is 2.24. The van der Waals surface area contributed by atoms with Gasteiger partial charge in [-0.05, 0) is 38.3 Å². The number of amides is 2. The lowest BCUT2D eigenvalue weighted by Crippen LogP contribution is -2.50. The van der Waals surface area contributed by atoms with Crippen LogP contribution < -0.4 is 5.32 Å². The molecule has 146 valence electrons. The van der Waals surface area contributed by atoms with Crippen LogP contribution in [0.3, 0.4) is 0 Å². The van der Waals surface area contributed by atoms with Crippen LogP contribution in [-0.4, -0.2) is 51.1 Å². The SMILES string of the molecule is CCCC(=O)NC1CCCN(C(=O)CSc2nc3ccccc3n2CC)C1. The molecule has 1 aliphatic heterocycles. The number of thioether (sulfide) groups is 1. The van der Waals surface area contributed by atoms with Gasteiger partial charge >= 0.3 is 0 Å². The highest BCUT2D eigenvalue weighted by Gasteiger charge is 2.25. The molecule has 1 N–H and O–H groups in total. The minimum Gasteiger partial charge on any atom is -0.352 e. The smallest absolute Gasteiger partial charge is 0.233 e. The first-order chi connectivity index (χ1) is 13.1. The highest BCUT2D eigenvalue weighted by atomic mass is 32.2. The van der Waals surface area contributed by atoms with Crippen LogP contribution in [-0.2, 0) is 16.1 Å². The van der Waals surface area contributed by atoms with E-state index in [2.05, 4.69) is 27.9 Å². The molecule has 2 aromatic rings. The second-order valence-corrected chi connectivity index (χ2v) is 7.85. The molecule has 1 fully saturated rings. The van der Waals surface area contributed by atoms with Gasteiger partial charge in [-0.1, -0.05) is 30.8 Å². The Morgan fingerprint density at radius 1 is 1.30 bits per heavy atom. The van der Waals surface area contributed by atoms with Crippen molar-refractivity contribution in [2.45, 2.75) is 57.3 Å². The highest BCUT2D eigenvalue weighted by molar-refractivity contribution is 7.99. The number of fused-ring (bicyclic) bond motifs is 1. The molecule has 2 heterocycles.